The first-order valence-electron chi connectivity index (χ1n) is 4.03. The predicted molar refractivity (Wildman–Crippen MR) is 46.1 cm³/mol. The van der Waals surface area contributed by atoms with Crippen LogP contribution in [0.1, 0.15) is 13.3 Å². The van der Waals surface area contributed by atoms with Gasteiger partial charge in [-0.15, -0.1) is 5.06 Å². The van der Waals surface area contributed by atoms with Gasteiger partial charge >= 0.3 is 0 Å². The summed E-state index contributed by atoms with van der Waals surface area (Å²) in [4.78, 5) is 9.45. The first-order chi connectivity index (χ1) is 5.85. The van der Waals surface area contributed by atoms with Gasteiger partial charge in [-0.3, -0.25) is 0 Å². The van der Waals surface area contributed by atoms with Crippen LogP contribution in [0.25, 0.3) is 0 Å². The minimum absolute atomic E-state index is 0.625. The molecule has 0 saturated carbocycles. The lowest BCUT2D eigenvalue weighted by molar-refractivity contribution is -0.398. The van der Waals surface area contributed by atoms with Crippen LogP contribution in [0.2, 0.25) is 0 Å². The van der Waals surface area contributed by atoms with Crippen molar-refractivity contribution in [2.24, 2.45) is 0 Å². The number of ether oxygens (including phenoxy) is 1. The monoisotopic (exact) mass is 175 g/mol. The summed E-state index contributed by atoms with van der Waals surface area (Å²) in [7, 11) is 1.65. The summed E-state index contributed by atoms with van der Waals surface area (Å²) >= 11 is 0. The zero-order chi connectivity index (χ0) is 9.23. The van der Waals surface area contributed by atoms with E-state index in [4.69, 9.17) is 9.73 Å². The Bertz CT molecular complexity index is 108. The lowest BCUT2D eigenvalue weighted by atomic mass is 10.5. The molecule has 0 fully saturated rings. The summed E-state index contributed by atoms with van der Waals surface area (Å²) in [5.74, 6) is 0. The second-order valence-corrected chi connectivity index (χ2v) is 2.26. The molecule has 0 amide bonds. The lowest BCUT2D eigenvalue weighted by Gasteiger charge is -2.17. The largest absolute Gasteiger partial charge is 0.383 e. The zero-order valence-corrected chi connectivity index (χ0v) is 7.78. The van der Waals surface area contributed by atoms with Crippen LogP contribution in [-0.2, 0) is 14.6 Å². The third kappa shape index (κ3) is 6.15. The molecule has 12 heavy (non-hydrogen) atoms. The first-order valence-corrected chi connectivity index (χ1v) is 4.03. The third-order valence-corrected chi connectivity index (χ3v) is 1.23. The molecule has 0 rings (SSSR count). The molecule has 4 nitrogen and oxygen atoms in total. The molecule has 0 aliphatic heterocycles. The van der Waals surface area contributed by atoms with Gasteiger partial charge in [0, 0.05) is 13.7 Å². The van der Waals surface area contributed by atoms with E-state index in [9.17, 15) is 0 Å². The van der Waals surface area contributed by atoms with Crippen LogP contribution >= 0.6 is 0 Å². The Morgan fingerprint density at radius 1 is 1.42 bits per heavy atom. The molecule has 0 aliphatic carbocycles. The molecule has 0 radical (unpaired) electrons. The highest BCUT2D eigenvalue weighted by Crippen LogP contribution is 1.94. The van der Waals surface area contributed by atoms with Gasteiger partial charge in [0.05, 0.1) is 13.2 Å². The molecule has 0 spiro atoms. The molecular weight excluding hydrogens is 158 g/mol. The van der Waals surface area contributed by atoms with E-state index in [2.05, 4.69) is 18.4 Å². The molecule has 0 atom stereocenters. The average molecular weight is 175 g/mol. The Balaban J connectivity index is 3.46. The van der Waals surface area contributed by atoms with E-state index in [0.29, 0.717) is 13.2 Å². The van der Waals surface area contributed by atoms with E-state index < -0.39 is 0 Å². The number of rotatable bonds is 8. The topological polar surface area (TPSA) is 30.9 Å². The van der Waals surface area contributed by atoms with Crippen LogP contribution in [0.4, 0.5) is 0 Å². The molecule has 0 unspecified atom stereocenters. The summed E-state index contributed by atoms with van der Waals surface area (Å²) < 4.78 is 4.90. The number of hydrogen-bond acceptors (Lipinski definition) is 4. The normalized spacial score (nSPS) is 10.2. The molecule has 0 N–H and O–H groups in total. The van der Waals surface area contributed by atoms with Crippen LogP contribution < -0.4 is 0 Å². The molecule has 72 valence electrons. The summed E-state index contributed by atoms with van der Waals surface area (Å²) in [6.07, 6.45) is 2.25. The number of methoxy groups -OCH3 is 1. The lowest BCUT2D eigenvalue weighted by Crippen LogP contribution is -2.28. The summed E-state index contributed by atoms with van der Waals surface area (Å²) in [6, 6.07) is 0. The van der Waals surface area contributed by atoms with E-state index in [-0.39, 0.29) is 0 Å². The van der Waals surface area contributed by atoms with Crippen LogP contribution in [-0.4, -0.2) is 31.9 Å². The van der Waals surface area contributed by atoms with E-state index in [1.165, 1.54) is 6.26 Å². The van der Waals surface area contributed by atoms with Crippen molar-refractivity contribution in [2.75, 3.05) is 26.8 Å². The fourth-order valence-corrected chi connectivity index (χ4v) is 0.720. The quantitative estimate of drug-likeness (QED) is 0.316. The van der Waals surface area contributed by atoms with E-state index >= 15 is 0 Å². The van der Waals surface area contributed by atoms with Gasteiger partial charge in [-0.25, -0.2) is 0 Å². The highest BCUT2D eigenvalue weighted by atomic mass is 17.3. The van der Waals surface area contributed by atoms with Gasteiger partial charge in [-0.1, -0.05) is 18.5 Å². The summed E-state index contributed by atoms with van der Waals surface area (Å²) in [6.45, 7) is 7.57. The molecule has 4 heteroatoms. The van der Waals surface area contributed by atoms with Crippen molar-refractivity contribution < 1.29 is 14.6 Å². The van der Waals surface area contributed by atoms with E-state index in [0.717, 1.165) is 13.0 Å². The van der Waals surface area contributed by atoms with Gasteiger partial charge in [0.25, 0.3) is 0 Å². The minimum atomic E-state index is 0.625. The predicted octanol–water partition coefficient (Wildman–Crippen LogP) is 1.35. The van der Waals surface area contributed by atoms with Crippen molar-refractivity contribution in [2.45, 2.75) is 13.3 Å². The van der Waals surface area contributed by atoms with Gasteiger partial charge in [-0.2, -0.15) is 0 Å². The Hall–Kier alpha value is -0.580. The fourth-order valence-electron chi connectivity index (χ4n) is 0.720. The Kier molecular flexibility index (Phi) is 8.10. The molecule has 0 bridgehead atoms. The average Bonchev–Trinajstić information content (AvgIpc) is 2.10. The maximum absolute atomic E-state index is 4.90. The van der Waals surface area contributed by atoms with Crippen molar-refractivity contribution in [3.05, 3.63) is 12.8 Å². The molecule has 0 heterocycles. The van der Waals surface area contributed by atoms with Gasteiger partial charge in [-0.05, 0) is 6.42 Å². The van der Waals surface area contributed by atoms with Crippen molar-refractivity contribution in [1.29, 1.82) is 0 Å². The molecule has 0 aromatic heterocycles. The van der Waals surface area contributed by atoms with E-state index in [1.807, 2.05) is 0 Å². The Labute approximate surface area is 73.6 Å². The summed E-state index contributed by atoms with van der Waals surface area (Å²) in [5.41, 5.74) is 0. The summed E-state index contributed by atoms with van der Waals surface area (Å²) in [5, 5.41) is 1.69. The van der Waals surface area contributed by atoms with Crippen molar-refractivity contribution in [1.82, 2.24) is 5.06 Å². The van der Waals surface area contributed by atoms with E-state index in [1.54, 1.807) is 12.2 Å². The van der Waals surface area contributed by atoms with Crippen LogP contribution in [0.15, 0.2) is 12.8 Å². The maximum Gasteiger partial charge on any atom is 0.124 e. The Morgan fingerprint density at radius 2 is 2.17 bits per heavy atom. The highest BCUT2D eigenvalue weighted by molar-refractivity contribution is 4.44. The molecular formula is C8H17NO3. The van der Waals surface area contributed by atoms with Crippen molar-refractivity contribution in [3.8, 4) is 0 Å². The van der Waals surface area contributed by atoms with Crippen molar-refractivity contribution in [3.63, 3.8) is 0 Å². The molecule has 0 saturated heterocycles. The van der Waals surface area contributed by atoms with Gasteiger partial charge in [0.15, 0.2) is 0 Å². The number of hydrogen-bond donors (Lipinski definition) is 0. The molecule has 0 aromatic rings. The smallest absolute Gasteiger partial charge is 0.124 e. The van der Waals surface area contributed by atoms with Gasteiger partial charge in [0.1, 0.15) is 6.26 Å². The third-order valence-electron chi connectivity index (χ3n) is 1.23. The zero-order valence-electron chi connectivity index (χ0n) is 7.78. The fraction of sp³-hybridized carbons (Fsp3) is 0.750. The Morgan fingerprint density at radius 3 is 2.67 bits per heavy atom. The molecule has 0 aromatic carbocycles. The van der Waals surface area contributed by atoms with Gasteiger partial charge < -0.3 is 9.62 Å². The first kappa shape index (κ1) is 11.4. The van der Waals surface area contributed by atoms with Gasteiger partial charge in [0.2, 0.25) is 0 Å². The second kappa shape index (κ2) is 8.52. The molecule has 0 aliphatic rings. The minimum Gasteiger partial charge on any atom is -0.383 e. The van der Waals surface area contributed by atoms with Crippen LogP contribution in [0, 0.1) is 0 Å². The maximum atomic E-state index is 4.90. The number of hydroxylamine groups is 2. The van der Waals surface area contributed by atoms with Crippen LogP contribution in [0.5, 0.6) is 0 Å². The standard InChI is InChI=1S/C8H17NO3/c1-4-6-9(7-8-10-3)12-11-5-2/h5H,2,4,6-8H2,1,3H3. The second-order valence-electron chi connectivity index (χ2n) is 2.26. The number of nitrogens with zero attached hydrogens (tertiary/aromatic N) is 1. The van der Waals surface area contributed by atoms with Crippen molar-refractivity contribution >= 4 is 0 Å². The highest BCUT2D eigenvalue weighted by Gasteiger charge is 2.03. The van der Waals surface area contributed by atoms with Crippen LogP contribution in [0.3, 0.4) is 0 Å². The SMILES string of the molecule is C=COON(CCC)CCOC.